The third-order valence-corrected chi connectivity index (χ3v) is 2.87. The van der Waals surface area contributed by atoms with E-state index in [4.69, 9.17) is 14.9 Å². The fourth-order valence-electron chi connectivity index (χ4n) is 1.82. The highest BCUT2D eigenvalue weighted by Gasteiger charge is 2.26. The lowest BCUT2D eigenvalue weighted by Crippen LogP contribution is -2.10. The Kier molecular flexibility index (Phi) is 4.40. The van der Waals surface area contributed by atoms with Gasteiger partial charge in [-0.1, -0.05) is 0 Å². The van der Waals surface area contributed by atoms with Crippen molar-refractivity contribution in [3.05, 3.63) is 63.2 Å². The van der Waals surface area contributed by atoms with Gasteiger partial charge < -0.3 is 14.9 Å². The summed E-state index contributed by atoms with van der Waals surface area (Å²) in [7, 11) is 0. The zero-order chi connectivity index (χ0) is 18.0. The number of halogens is 2. The van der Waals surface area contributed by atoms with E-state index in [1.54, 1.807) is 0 Å². The maximum atomic E-state index is 13.6. The molecule has 0 aliphatic rings. The van der Waals surface area contributed by atoms with Crippen molar-refractivity contribution in [3.8, 4) is 11.5 Å². The van der Waals surface area contributed by atoms with Crippen molar-refractivity contribution in [1.82, 2.24) is 0 Å². The van der Waals surface area contributed by atoms with Gasteiger partial charge in [0.2, 0.25) is 5.75 Å². The Morgan fingerprint density at radius 1 is 1.00 bits per heavy atom. The Hall–Kier alpha value is -3.56. The Labute approximate surface area is 131 Å². The lowest BCUT2D eigenvalue weighted by atomic mass is 10.1. The smallest absolute Gasteiger partial charge is 0.336 e. The molecule has 2 aromatic rings. The maximum Gasteiger partial charge on any atom is 0.336 e. The fourth-order valence-corrected chi connectivity index (χ4v) is 1.82. The van der Waals surface area contributed by atoms with E-state index in [0.717, 1.165) is 12.1 Å². The number of carboxylic acid groups (broad SMARTS) is 2. The summed E-state index contributed by atoms with van der Waals surface area (Å²) in [5.41, 5.74) is -2.51. The first-order valence-electron chi connectivity index (χ1n) is 6.12. The molecule has 124 valence electrons. The molecule has 0 aromatic heterocycles. The summed E-state index contributed by atoms with van der Waals surface area (Å²) in [6.07, 6.45) is 0. The number of hydrogen-bond acceptors (Lipinski definition) is 5. The van der Waals surface area contributed by atoms with Crippen LogP contribution in [-0.2, 0) is 0 Å². The van der Waals surface area contributed by atoms with Gasteiger partial charge in [0.05, 0.1) is 16.1 Å². The summed E-state index contributed by atoms with van der Waals surface area (Å²) in [6, 6.07) is 3.22. The SMILES string of the molecule is O=C(O)c1cc(Oc2ccc(F)cc2F)c([N+](=O)[O-])cc1C(=O)O. The highest BCUT2D eigenvalue weighted by atomic mass is 19.1. The zero-order valence-corrected chi connectivity index (χ0v) is 11.5. The number of nitro benzene ring substituents is 1. The lowest BCUT2D eigenvalue weighted by molar-refractivity contribution is -0.385. The quantitative estimate of drug-likeness (QED) is 0.633. The first-order valence-corrected chi connectivity index (χ1v) is 6.12. The summed E-state index contributed by atoms with van der Waals surface area (Å²) in [5, 5.41) is 29.0. The van der Waals surface area contributed by atoms with Crippen LogP contribution in [0, 0.1) is 21.7 Å². The number of hydrogen-bond donors (Lipinski definition) is 2. The molecule has 0 saturated heterocycles. The molecule has 2 rings (SSSR count). The molecule has 0 amide bonds. The van der Waals surface area contributed by atoms with Gasteiger partial charge in [0, 0.05) is 18.2 Å². The van der Waals surface area contributed by atoms with E-state index >= 15 is 0 Å². The first-order chi connectivity index (χ1) is 11.2. The summed E-state index contributed by atoms with van der Waals surface area (Å²) in [6.45, 7) is 0. The molecule has 10 heteroatoms. The molecule has 0 atom stereocenters. The molecule has 2 N–H and O–H groups in total. The number of nitro groups is 1. The molecule has 2 aromatic carbocycles. The van der Waals surface area contributed by atoms with Crippen LogP contribution in [0.4, 0.5) is 14.5 Å². The molecule has 0 unspecified atom stereocenters. The molecule has 24 heavy (non-hydrogen) atoms. The van der Waals surface area contributed by atoms with Crippen molar-refractivity contribution in [2.75, 3.05) is 0 Å². The van der Waals surface area contributed by atoms with E-state index in [0.29, 0.717) is 18.2 Å². The molecule has 0 aliphatic carbocycles. The van der Waals surface area contributed by atoms with Crippen LogP contribution in [0.25, 0.3) is 0 Å². The molecule has 0 heterocycles. The van der Waals surface area contributed by atoms with Gasteiger partial charge in [-0.3, -0.25) is 10.1 Å². The van der Waals surface area contributed by atoms with E-state index in [1.165, 1.54) is 0 Å². The molecule has 8 nitrogen and oxygen atoms in total. The summed E-state index contributed by atoms with van der Waals surface area (Å²) in [4.78, 5) is 32.2. The standard InChI is InChI=1S/C14H7F2NO7/c15-6-1-2-11(9(16)3-6)24-12-5-8(14(20)21)7(13(18)19)4-10(12)17(22)23/h1-5H,(H,18,19)(H,20,21). The molecule has 0 radical (unpaired) electrons. The highest BCUT2D eigenvalue weighted by molar-refractivity contribution is 6.02. The fraction of sp³-hybridized carbons (Fsp3) is 0. The topological polar surface area (TPSA) is 127 Å². The second kappa shape index (κ2) is 6.28. The number of benzene rings is 2. The van der Waals surface area contributed by atoms with Crippen LogP contribution in [0.1, 0.15) is 20.7 Å². The van der Waals surface area contributed by atoms with Gasteiger partial charge in [-0.05, 0) is 12.1 Å². The molecular weight excluding hydrogens is 332 g/mol. The number of nitrogens with zero attached hydrogens (tertiary/aromatic N) is 1. The van der Waals surface area contributed by atoms with E-state index < -0.39 is 56.8 Å². The van der Waals surface area contributed by atoms with E-state index in [2.05, 4.69) is 0 Å². The number of rotatable bonds is 5. The predicted octanol–water partition coefficient (Wildman–Crippen LogP) is 3.06. The second-order valence-electron chi connectivity index (χ2n) is 4.41. The predicted molar refractivity (Wildman–Crippen MR) is 73.4 cm³/mol. The van der Waals surface area contributed by atoms with Gasteiger partial charge in [-0.25, -0.2) is 18.4 Å². The molecule has 0 fully saturated rings. The number of carbonyl (C=O) groups is 2. The van der Waals surface area contributed by atoms with Gasteiger partial charge in [-0.2, -0.15) is 0 Å². The van der Waals surface area contributed by atoms with Crippen molar-refractivity contribution in [1.29, 1.82) is 0 Å². The lowest BCUT2D eigenvalue weighted by Gasteiger charge is -2.10. The largest absolute Gasteiger partial charge is 0.478 e. The first kappa shape index (κ1) is 16.8. The van der Waals surface area contributed by atoms with Gasteiger partial charge in [0.15, 0.2) is 11.6 Å². The van der Waals surface area contributed by atoms with Crippen molar-refractivity contribution in [2.45, 2.75) is 0 Å². The summed E-state index contributed by atoms with van der Waals surface area (Å²) < 4.78 is 31.4. The Morgan fingerprint density at radius 3 is 2.08 bits per heavy atom. The van der Waals surface area contributed by atoms with E-state index in [9.17, 15) is 28.5 Å². The van der Waals surface area contributed by atoms with Crippen LogP contribution in [0.15, 0.2) is 30.3 Å². The molecule has 0 bridgehead atoms. The zero-order valence-electron chi connectivity index (χ0n) is 11.5. The van der Waals surface area contributed by atoms with E-state index in [-0.39, 0.29) is 0 Å². The van der Waals surface area contributed by atoms with Gasteiger partial charge in [0.1, 0.15) is 5.82 Å². The maximum absolute atomic E-state index is 13.6. The summed E-state index contributed by atoms with van der Waals surface area (Å²) >= 11 is 0. The van der Waals surface area contributed by atoms with Crippen molar-refractivity contribution in [3.63, 3.8) is 0 Å². The average Bonchev–Trinajstić information content (AvgIpc) is 2.49. The monoisotopic (exact) mass is 339 g/mol. The molecule has 0 saturated carbocycles. The molecule has 0 spiro atoms. The number of carboxylic acids is 2. The minimum Gasteiger partial charge on any atom is -0.478 e. The Balaban J connectivity index is 2.63. The van der Waals surface area contributed by atoms with Crippen molar-refractivity contribution < 1.29 is 38.2 Å². The van der Waals surface area contributed by atoms with Crippen LogP contribution < -0.4 is 4.74 Å². The van der Waals surface area contributed by atoms with Gasteiger partial charge in [0.25, 0.3) is 0 Å². The minimum absolute atomic E-state index is 0.463. The van der Waals surface area contributed by atoms with Crippen LogP contribution in [0.3, 0.4) is 0 Å². The third kappa shape index (κ3) is 3.27. The second-order valence-corrected chi connectivity index (χ2v) is 4.41. The van der Waals surface area contributed by atoms with Gasteiger partial charge >= 0.3 is 17.6 Å². The van der Waals surface area contributed by atoms with E-state index in [1.807, 2.05) is 0 Å². The van der Waals surface area contributed by atoms with Crippen LogP contribution in [-0.4, -0.2) is 27.1 Å². The van der Waals surface area contributed by atoms with Crippen LogP contribution in [0.5, 0.6) is 11.5 Å². The molecular formula is C14H7F2NO7. The van der Waals surface area contributed by atoms with Crippen molar-refractivity contribution in [2.24, 2.45) is 0 Å². The third-order valence-electron chi connectivity index (χ3n) is 2.87. The van der Waals surface area contributed by atoms with Crippen LogP contribution >= 0.6 is 0 Å². The average molecular weight is 339 g/mol. The highest BCUT2D eigenvalue weighted by Crippen LogP contribution is 2.35. The minimum atomic E-state index is -1.70. The van der Waals surface area contributed by atoms with Gasteiger partial charge in [-0.15, -0.1) is 0 Å². The van der Waals surface area contributed by atoms with Crippen LogP contribution in [0.2, 0.25) is 0 Å². The molecule has 0 aliphatic heterocycles. The number of aromatic carboxylic acids is 2. The number of ether oxygens (including phenoxy) is 1. The summed E-state index contributed by atoms with van der Waals surface area (Å²) in [5.74, 6) is -6.76. The normalized spacial score (nSPS) is 10.2. The Bertz CT molecular complexity index is 866. The Morgan fingerprint density at radius 2 is 1.58 bits per heavy atom. The van der Waals surface area contributed by atoms with Crippen molar-refractivity contribution >= 4 is 17.6 Å².